The Morgan fingerprint density at radius 2 is 1.07 bits per heavy atom. The van der Waals surface area contributed by atoms with Crippen LogP contribution in [0.4, 0.5) is 0 Å². The Morgan fingerprint density at radius 1 is 0.481 bits per heavy atom. The molecule has 2 nitrogen and oxygen atoms in total. The first-order chi connectivity index (χ1) is 13.2. The number of halogens is 1. The second-order valence-electron chi connectivity index (χ2n) is 6.25. The van der Waals surface area contributed by atoms with Gasteiger partial charge in [-0.3, -0.25) is 0 Å². The van der Waals surface area contributed by atoms with E-state index in [0.29, 0.717) is 21.7 Å². The summed E-state index contributed by atoms with van der Waals surface area (Å²) in [6, 6.07) is 28.0. The van der Waals surface area contributed by atoms with Crippen LogP contribution in [0.5, 0.6) is 11.5 Å². The molecule has 0 radical (unpaired) electrons. The van der Waals surface area contributed by atoms with Gasteiger partial charge in [-0.1, -0.05) is 84.4 Å². The molecule has 4 rings (SSSR count). The molecule has 2 N–H and O–H groups in total. The lowest BCUT2D eigenvalue weighted by atomic mass is 9.88. The van der Waals surface area contributed by atoms with Crippen LogP contribution < -0.4 is 0 Å². The van der Waals surface area contributed by atoms with Gasteiger partial charge in [-0.2, -0.15) is 0 Å². The summed E-state index contributed by atoms with van der Waals surface area (Å²) in [6.07, 6.45) is 0. The van der Waals surface area contributed by atoms with E-state index >= 15 is 0 Å². The minimum atomic E-state index is 0.0666. The van der Waals surface area contributed by atoms with E-state index in [0.717, 1.165) is 16.7 Å². The van der Waals surface area contributed by atoms with Gasteiger partial charge in [0.05, 0.1) is 0 Å². The van der Waals surface area contributed by atoms with Gasteiger partial charge in [0.25, 0.3) is 0 Å². The van der Waals surface area contributed by atoms with Crippen LogP contribution in [0.1, 0.15) is 0 Å². The number of benzene rings is 4. The number of hydrogen-bond acceptors (Lipinski definition) is 2. The van der Waals surface area contributed by atoms with E-state index < -0.39 is 0 Å². The smallest absolute Gasteiger partial charge is 0.124 e. The molecule has 0 unspecified atom stereocenters. The maximum absolute atomic E-state index is 10.8. The summed E-state index contributed by atoms with van der Waals surface area (Å²) in [5.41, 5.74) is 4.41. The van der Waals surface area contributed by atoms with Gasteiger partial charge in [0.1, 0.15) is 11.5 Å². The molecule has 0 bridgehead atoms. The highest BCUT2D eigenvalue weighted by molar-refractivity contribution is 6.34. The summed E-state index contributed by atoms with van der Waals surface area (Å²) in [4.78, 5) is 0. The van der Waals surface area contributed by atoms with Crippen molar-refractivity contribution >= 4 is 11.6 Å². The van der Waals surface area contributed by atoms with E-state index in [4.69, 9.17) is 11.6 Å². The molecule has 4 aromatic carbocycles. The standard InChI is InChI=1S/C24H17ClO2/c25-19-14-15-21(27)24(22(19)17-10-5-2-6-11-17)23-18(12-7-13-20(23)26)16-8-3-1-4-9-16/h1-15,26-27H. The third kappa shape index (κ3) is 3.16. The van der Waals surface area contributed by atoms with Crippen molar-refractivity contribution in [3.8, 4) is 44.9 Å². The van der Waals surface area contributed by atoms with E-state index in [-0.39, 0.29) is 11.5 Å². The summed E-state index contributed by atoms with van der Waals surface area (Å²) in [5, 5.41) is 22.0. The van der Waals surface area contributed by atoms with Crippen LogP contribution in [0.3, 0.4) is 0 Å². The first-order valence-electron chi connectivity index (χ1n) is 8.61. The topological polar surface area (TPSA) is 40.5 Å². The van der Waals surface area contributed by atoms with Crippen molar-refractivity contribution in [1.82, 2.24) is 0 Å². The van der Waals surface area contributed by atoms with Gasteiger partial charge in [-0.15, -0.1) is 0 Å². The lowest BCUT2D eigenvalue weighted by Gasteiger charge is -2.18. The van der Waals surface area contributed by atoms with Crippen molar-refractivity contribution < 1.29 is 10.2 Å². The highest BCUT2D eigenvalue weighted by atomic mass is 35.5. The molecule has 0 amide bonds. The highest BCUT2D eigenvalue weighted by Gasteiger charge is 2.21. The van der Waals surface area contributed by atoms with Gasteiger partial charge in [0, 0.05) is 21.7 Å². The average molecular weight is 373 g/mol. The Kier molecular flexibility index (Phi) is 4.57. The van der Waals surface area contributed by atoms with Crippen molar-refractivity contribution in [3.63, 3.8) is 0 Å². The Hall–Kier alpha value is -3.23. The predicted molar refractivity (Wildman–Crippen MR) is 111 cm³/mol. The van der Waals surface area contributed by atoms with Gasteiger partial charge in [-0.25, -0.2) is 0 Å². The van der Waals surface area contributed by atoms with Gasteiger partial charge >= 0.3 is 0 Å². The van der Waals surface area contributed by atoms with Gasteiger partial charge in [0.2, 0.25) is 0 Å². The summed E-state index contributed by atoms with van der Waals surface area (Å²) >= 11 is 6.54. The lowest BCUT2D eigenvalue weighted by Crippen LogP contribution is -1.92. The zero-order chi connectivity index (χ0) is 18.8. The van der Waals surface area contributed by atoms with Crippen LogP contribution in [0, 0.1) is 0 Å². The maximum Gasteiger partial charge on any atom is 0.124 e. The molecule has 0 heterocycles. The van der Waals surface area contributed by atoms with Crippen LogP contribution >= 0.6 is 11.6 Å². The predicted octanol–water partition coefficient (Wildman–Crippen LogP) is 6.75. The van der Waals surface area contributed by atoms with Crippen molar-refractivity contribution in [3.05, 3.63) is 96.0 Å². The number of phenolic OH excluding ortho intramolecular Hbond substituents is 2. The number of aromatic hydroxyl groups is 2. The third-order valence-corrected chi connectivity index (χ3v) is 4.89. The number of phenols is 2. The minimum absolute atomic E-state index is 0.0666. The van der Waals surface area contributed by atoms with Crippen molar-refractivity contribution in [2.45, 2.75) is 0 Å². The monoisotopic (exact) mass is 372 g/mol. The van der Waals surface area contributed by atoms with E-state index in [2.05, 4.69) is 0 Å². The van der Waals surface area contributed by atoms with E-state index in [9.17, 15) is 10.2 Å². The largest absolute Gasteiger partial charge is 0.507 e. The molecule has 132 valence electrons. The molecule has 0 saturated carbocycles. The third-order valence-electron chi connectivity index (χ3n) is 4.57. The minimum Gasteiger partial charge on any atom is -0.507 e. The van der Waals surface area contributed by atoms with Gasteiger partial charge < -0.3 is 10.2 Å². The molecule has 0 saturated heterocycles. The van der Waals surface area contributed by atoms with Crippen LogP contribution in [0.15, 0.2) is 91.0 Å². The zero-order valence-corrected chi connectivity index (χ0v) is 15.2. The highest BCUT2D eigenvalue weighted by Crippen LogP contribution is 2.49. The Morgan fingerprint density at radius 3 is 1.74 bits per heavy atom. The Bertz CT molecular complexity index is 1090. The molecule has 0 aliphatic carbocycles. The number of hydrogen-bond donors (Lipinski definition) is 2. The van der Waals surface area contributed by atoms with Gasteiger partial charge in [0.15, 0.2) is 0 Å². The molecule has 3 heteroatoms. The van der Waals surface area contributed by atoms with E-state index in [1.54, 1.807) is 24.3 Å². The van der Waals surface area contributed by atoms with E-state index in [1.807, 2.05) is 66.7 Å². The molecule has 0 aliphatic heterocycles. The average Bonchev–Trinajstić information content (AvgIpc) is 2.71. The van der Waals surface area contributed by atoms with Gasteiger partial charge in [-0.05, 0) is 34.9 Å². The Labute approximate surface area is 162 Å². The summed E-state index contributed by atoms with van der Waals surface area (Å²) < 4.78 is 0. The van der Waals surface area contributed by atoms with Crippen LogP contribution in [-0.4, -0.2) is 10.2 Å². The molecule has 27 heavy (non-hydrogen) atoms. The number of rotatable bonds is 3. The second-order valence-corrected chi connectivity index (χ2v) is 6.66. The molecule has 0 aromatic heterocycles. The summed E-state index contributed by atoms with van der Waals surface area (Å²) in [6.45, 7) is 0. The normalized spacial score (nSPS) is 10.7. The summed E-state index contributed by atoms with van der Waals surface area (Å²) in [7, 11) is 0. The van der Waals surface area contributed by atoms with E-state index in [1.165, 1.54) is 0 Å². The first-order valence-corrected chi connectivity index (χ1v) is 8.99. The molecular formula is C24H17ClO2. The molecule has 4 aromatic rings. The molecule has 0 fully saturated rings. The van der Waals surface area contributed by atoms with Crippen LogP contribution in [0.2, 0.25) is 5.02 Å². The molecule has 0 spiro atoms. The fraction of sp³-hybridized carbons (Fsp3) is 0. The zero-order valence-electron chi connectivity index (χ0n) is 14.4. The Balaban J connectivity index is 2.08. The lowest BCUT2D eigenvalue weighted by molar-refractivity contribution is 0.469. The SMILES string of the molecule is Oc1cccc(-c2ccccc2)c1-c1c(O)ccc(Cl)c1-c1ccccc1. The maximum atomic E-state index is 10.8. The fourth-order valence-corrected chi connectivity index (χ4v) is 3.63. The molecule has 0 aliphatic rings. The summed E-state index contributed by atoms with van der Waals surface area (Å²) in [5.74, 6) is 0.156. The van der Waals surface area contributed by atoms with Crippen LogP contribution in [0.25, 0.3) is 33.4 Å². The fourth-order valence-electron chi connectivity index (χ4n) is 3.37. The first kappa shape index (κ1) is 17.2. The molecular weight excluding hydrogens is 356 g/mol. The molecule has 0 atom stereocenters. The van der Waals surface area contributed by atoms with Crippen LogP contribution in [-0.2, 0) is 0 Å². The van der Waals surface area contributed by atoms with Crippen molar-refractivity contribution in [2.75, 3.05) is 0 Å². The quantitative estimate of drug-likeness (QED) is 0.417. The van der Waals surface area contributed by atoms with Crippen molar-refractivity contribution in [2.24, 2.45) is 0 Å². The van der Waals surface area contributed by atoms with Crippen molar-refractivity contribution in [1.29, 1.82) is 0 Å². The second kappa shape index (κ2) is 7.18.